The fourth-order valence-corrected chi connectivity index (χ4v) is 1.76. The minimum Gasteiger partial charge on any atom is -0.316 e. The summed E-state index contributed by atoms with van der Waals surface area (Å²) < 4.78 is 3.80. The first kappa shape index (κ1) is 11.9. The molecule has 0 amide bonds. The molecule has 2 heterocycles. The lowest BCUT2D eigenvalue weighted by Crippen LogP contribution is -2.19. The minimum atomic E-state index is 0.979. The van der Waals surface area contributed by atoms with Gasteiger partial charge in [0.2, 0.25) is 0 Å². The van der Waals surface area contributed by atoms with Crippen LogP contribution in [-0.2, 0) is 20.0 Å². The van der Waals surface area contributed by atoms with Gasteiger partial charge < -0.3 is 5.32 Å². The zero-order valence-electron chi connectivity index (χ0n) is 10.2. The summed E-state index contributed by atoms with van der Waals surface area (Å²) in [6.45, 7) is 3.01. The van der Waals surface area contributed by atoms with E-state index >= 15 is 0 Å². The van der Waals surface area contributed by atoms with Crippen molar-refractivity contribution in [2.75, 3.05) is 13.1 Å². The van der Waals surface area contributed by atoms with Crippen LogP contribution in [0.5, 0.6) is 0 Å². The second-order valence-corrected chi connectivity index (χ2v) is 4.14. The van der Waals surface area contributed by atoms with Crippen LogP contribution < -0.4 is 5.32 Å². The van der Waals surface area contributed by atoms with Gasteiger partial charge in [-0.2, -0.15) is 10.2 Å². The van der Waals surface area contributed by atoms with E-state index in [-0.39, 0.29) is 0 Å². The van der Waals surface area contributed by atoms with Crippen LogP contribution in [0, 0.1) is 0 Å². The molecule has 0 bridgehead atoms. The molecular formula is C12H19N5. The van der Waals surface area contributed by atoms with Gasteiger partial charge in [0, 0.05) is 32.2 Å². The highest BCUT2D eigenvalue weighted by Gasteiger charge is 1.95. The first-order valence-corrected chi connectivity index (χ1v) is 6.00. The summed E-state index contributed by atoms with van der Waals surface area (Å²) in [7, 11) is 1.95. The molecule has 0 aliphatic heterocycles. The highest BCUT2D eigenvalue weighted by Crippen LogP contribution is 1.96. The van der Waals surface area contributed by atoms with Crippen molar-refractivity contribution in [3.05, 3.63) is 36.4 Å². The maximum atomic E-state index is 4.16. The smallest absolute Gasteiger partial charge is 0.0522 e. The van der Waals surface area contributed by atoms with Gasteiger partial charge in [0.05, 0.1) is 6.20 Å². The van der Waals surface area contributed by atoms with Crippen molar-refractivity contribution in [2.24, 2.45) is 7.05 Å². The normalized spacial score (nSPS) is 10.9. The van der Waals surface area contributed by atoms with Crippen molar-refractivity contribution in [3.8, 4) is 0 Å². The van der Waals surface area contributed by atoms with Crippen LogP contribution in [0.4, 0.5) is 0 Å². The Hall–Kier alpha value is -1.62. The van der Waals surface area contributed by atoms with Crippen molar-refractivity contribution in [3.63, 3.8) is 0 Å². The standard InChI is InChI=1S/C12H19N5/c1-16-11-12(10-15-16)4-7-13-5-2-8-17-9-3-6-14-17/h3,6,9-11,13H,2,4-5,7-8H2,1H3. The number of hydrogen-bond donors (Lipinski definition) is 1. The maximum Gasteiger partial charge on any atom is 0.0522 e. The fourth-order valence-electron chi connectivity index (χ4n) is 1.76. The van der Waals surface area contributed by atoms with Crippen LogP contribution in [-0.4, -0.2) is 32.7 Å². The third-order valence-electron chi connectivity index (χ3n) is 2.65. The summed E-state index contributed by atoms with van der Waals surface area (Å²) in [6.07, 6.45) is 9.94. The molecule has 0 fully saturated rings. The zero-order valence-corrected chi connectivity index (χ0v) is 10.2. The molecule has 0 unspecified atom stereocenters. The first-order valence-electron chi connectivity index (χ1n) is 6.00. The molecular weight excluding hydrogens is 214 g/mol. The first-order chi connectivity index (χ1) is 8.34. The molecule has 0 saturated heterocycles. The molecule has 5 heteroatoms. The van der Waals surface area contributed by atoms with Crippen LogP contribution in [0.25, 0.3) is 0 Å². The van der Waals surface area contributed by atoms with Crippen LogP contribution in [0.15, 0.2) is 30.9 Å². The van der Waals surface area contributed by atoms with E-state index < -0.39 is 0 Å². The molecule has 2 aromatic rings. The van der Waals surface area contributed by atoms with Crippen molar-refractivity contribution in [1.82, 2.24) is 24.9 Å². The van der Waals surface area contributed by atoms with E-state index in [4.69, 9.17) is 0 Å². The SMILES string of the molecule is Cn1cc(CCNCCCn2cccn2)cn1. The van der Waals surface area contributed by atoms with Gasteiger partial charge in [0.15, 0.2) is 0 Å². The van der Waals surface area contributed by atoms with E-state index in [1.54, 1.807) is 0 Å². The third-order valence-corrected chi connectivity index (χ3v) is 2.65. The molecule has 2 aromatic heterocycles. The predicted molar refractivity (Wildman–Crippen MR) is 66.6 cm³/mol. The van der Waals surface area contributed by atoms with Crippen LogP contribution >= 0.6 is 0 Å². The summed E-state index contributed by atoms with van der Waals surface area (Å²) >= 11 is 0. The zero-order chi connectivity index (χ0) is 11.9. The monoisotopic (exact) mass is 233 g/mol. The lowest BCUT2D eigenvalue weighted by molar-refractivity contribution is 0.544. The second-order valence-electron chi connectivity index (χ2n) is 4.14. The number of hydrogen-bond acceptors (Lipinski definition) is 3. The van der Waals surface area contributed by atoms with Gasteiger partial charge in [-0.15, -0.1) is 0 Å². The summed E-state index contributed by atoms with van der Waals surface area (Å²) in [5.41, 5.74) is 1.28. The molecule has 1 N–H and O–H groups in total. The Labute approximate surface area is 101 Å². The molecule has 0 aliphatic carbocycles. The molecule has 0 spiro atoms. The van der Waals surface area contributed by atoms with Gasteiger partial charge in [0.25, 0.3) is 0 Å². The van der Waals surface area contributed by atoms with Crippen molar-refractivity contribution >= 4 is 0 Å². The molecule has 92 valence electrons. The Morgan fingerprint density at radius 1 is 1.29 bits per heavy atom. The van der Waals surface area contributed by atoms with E-state index in [9.17, 15) is 0 Å². The highest BCUT2D eigenvalue weighted by molar-refractivity contribution is 5.03. The van der Waals surface area contributed by atoms with Crippen molar-refractivity contribution < 1.29 is 0 Å². The Balaban J connectivity index is 1.52. The largest absolute Gasteiger partial charge is 0.316 e. The molecule has 0 aromatic carbocycles. The molecule has 17 heavy (non-hydrogen) atoms. The molecule has 0 aliphatic rings. The summed E-state index contributed by atoms with van der Waals surface area (Å²) in [6, 6.07) is 1.95. The Bertz CT molecular complexity index is 418. The highest BCUT2D eigenvalue weighted by atomic mass is 15.3. The van der Waals surface area contributed by atoms with Crippen LogP contribution in [0.3, 0.4) is 0 Å². The van der Waals surface area contributed by atoms with Crippen LogP contribution in [0.2, 0.25) is 0 Å². The summed E-state index contributed by atoms with van der Waals surface area (Å²) in [5.74, 6) is 0. The van der Waals surface area contributed by atoms with Gasteiger partial charge >= 0.3 is 0 Å². The van der Waals surface area contributed by atoms with Crippen LogP contribution in [0.1, 0.15) is 12.0 Å². The summed E-state index contributed by atoms with van der Waals surface area (Å²) in [5, 5.41) is 11.7. The Kier molecular flexibility index (Phi) is 4.32. The van der Waals surface area contributed by atoms with Gasteiger partial charge in [0.1, 0.15) is 0 Å². The second kappa shape index (κ2) is 6.20. The Morgan fingerprint density at radius 3 is 2.94 bits per heavy atom. The fraction of sp³-hybridized carbons (Fsp3) is 0.500. The Morgan fingerprint density at radius 2 is 2.24 bits per heavy atom. The molecule has 2 rings (SSSR count). The van der Waals surface area contributed by atoms with Crippen molar-refractivity contribution in [2.45, 2.75) is 19.4 Å². The molecule has 0 saturated carbocycles. The molecule has 5 nitrogen and oxygen atoms in total. The van der Waals surface area contributed by atoms with E-state index in [0.717, 1.165) is 32.5 Å². The topological polar surface area (TPSA) is 47.7 Å². The molecule has 0 atom stereocenters. The quantitative estimate of drug-likeness (QED) is 0.721. The number of nitrogens with zero attached hydrogens (tertiary/aromatic N) is 4. The average Bonchev–Trinajstić information content (AvgIpc) is 2.95. The van der Waals surface area contributed by atoms with Gasteiger partial charge in [-0.25, -0.2) is 0 Å². The number of rotatable bonds is 7. The lowest BCUT2D eigenvalue weighted by atomic mass is 10.2. The minimum absolute atomic E-state index is 0.979. The molecule has 0 radical (unpaired) electrons. The van der Waals surface area contributed by atoms with Gasteiger partial charge in [-0.1, -0.05) is 0 Å². The third kappa shape index (κ3) is 4.03. The lowest BCUT2D eigenvalue weighted by Gasteiger charge is -2.04. The van der Waals surface area contributed by atoms with E-state index in [1.807, 2.05) is 41.1 Å². The maximum absolute atomic E-state index is 4.16. The van der Waals surface area contributed by atoms with Crippen molar-refractivity contribution in [1.29, 1.82) is 0 Å². The van der Waals surface area contributed by atoms with Gasteiger partial charge in [-0.3, -0.25) is 9.36 Å². The number of aryl methyl sites for hydroxylation is 2. The van der Waals surface area contributed by atoms with Gasteiger partial charge in [-0.05, 0) is 37.6 Å². The number of nitrogens with one attached hydrogen (secondary N) is 1. The van der Waals surface area contributed by atoms with E-state index in [0.29, 0.717) is 0 Å². The van der Waals surface area contributed by atoms with E-state index in [2.05, 4.69) is 21.7 Å². The predicted octanol–water partition coefficient (Wildman–Crippen LogP) is 0.839. The summed E-state index contributed by atoms with van der Waals surface area (Å²) in [4.78, 5) is 0. The average molecular weight is 233 g/mol. The number of aromatic nitrogens is 4. The van der Waals surface area contributed by atoms with E-state index in [1.165, 1.54) is 5.56 Å².